The Morgan fingerprint density at radius 2 is 0.854 bits per heavy atom. The SMILES string of the molecule is C#Cc1ccc(C#Cc2ccc(C#Cc3ccc(C#Cc4ccc(SCCCCCCCCCCCC)s4)s3)s2)s1. The molecule has 4 aromatic heterocycles. The molecule has 41 heavy (non-hydrogen) atoms. The van der Waals surface area contributed by atoms with Crippen LogP contribution in [0.5, 0.6) is 0 Å². The second-order valence-electron chi connectivity index (χ2n) is 9.54. The fraction of sp³-hybridized carbons (Fsp3) is 0.333. The summed E-state index contributed by atoms with van der Waals surface area (Å²) in [5.74, 6) is 23.5. The van der Waals surface area contributed by atoms with Crippen LogP contribution in [0.1, 0.15) is 105 Å². The van der Waals surface area contributed by atoms with Crippen LogP contribution >= 0.6 is 57.1 Å². The molecule has 0 nitrogen and oxygen atoms in total. The Bertz CT molecular complexity index is 1600. The highest BCUT2D eigenvalue weighted by Gasteiger charge is 2.01. The smallest absolute Gasteiger partial charge is 0.0785 e. The summed E-state index contributed by atoms with van der Waals surface area (Å²) >= 11 is 8.56. The Balaban J connectivity index is 1.17. The molecule has 4 heterocycles. The molecule has 0 saturated heterocycles. The van der Waals surface area contributed by atoms with Crippen molar-refractivity contribution in [2.24, 2.45) is 0 Å². The Morgan fingerprint density at radius 1 is 0.488 bits per heavy atom. The number of unbranched alkanes of at least 4 members (excludes halogenated alkanes) is 9. The highest BCUT2D eigenvalue weighted by molar-refractivity contribution is 8.01. The highest BCUT2D eigenvalue weighted by atomic mass is 32.2. The fourth-order valence-corrected chi connectivity index (χ4v) is 8.18. The molecule has 0 aliphatic rings. The largest absolute Gasteiger partial charge is 0.120 e. The van der Waals surface area contributed by atoms with Gasteiger partial charge in [-0.2, -0.15) is 0 Å². The Kier molecular flexibility index (Phi) is 13.8. The van der Waals surface area contributed by atoms with Crippen molar-refractivity contribution in [1.82, 2.24) is 0 Å². The van der Waals surface area contributed by atoms with Crippen molar-refractivity contribution in [3.8, 4) is 47.9 Å². The zero-order chi connectivity index (χ0) is 28.5. The van der Waals surface area contributed by atoms with Crippen molar-refractivity contribution in [2.75, 3.05) is 5.75 Å². The van der Waals surface area contributed by atoms with Crippen molar-refractivity contribution in [3.63, 3.8) is 0 Å². The van der Waals surface area contributed by atoms with E-state index < -0.39 is 0 Å². The summed E-state index contributed by atoms with van der Waals surface area (Å²) in [6.07, 6.45) is 19.3. The van der Waals surface area contributed by atoms with Crippen LogP contribution in [0.3, 0.4) is 0 Å². The first kappa shape index (κ1) is 31.3. The number of rotatable bonds is 12. The maximum absolute atomic E-state index is 5.44. The van der Waals surface area contributed by atoms with Crippen LogP contribution in [0.2, 0.25) is 0 Å². The summed E-state index contributed by atoms with van der Waals surface area (Å²) in [5, 5.41) is 0. The molecule has 0 aromatic carbocycles. The topological polar surface area (TPSA) is 0 Å². The second-order valence-corrected chi connectivity index (χ2v) is 15.3. The molecule has 0 bridgehead atoms. The van der Waals surface area contributed by atoms with Gasteiger partial charge in [0, 0.05) is 0 Å². The standard InChI is InChI=1S/C36H34S5/c1-3-5-6-7-8-9-10-11-12-13-28-37-36-27-26-35(41-36)25-24-34-23-22-33(40-34)21-20-32-19-18-31(39-32)17-16-30-15-14-29(4-2)38-30/h2,14-15,18-19,22-23,26-27H,3,5-13,28H2,1H3. The first-order chi connectivity index (χ1) is 20.2. The zero-order valence-corrected chi connectivity index (χ0v) is 27.6. The second kappa shape index (κ2) is 18.0. The van der Waals surface area contributed by atoms with Crippen LogP contribution < -0.4 is 0 Å². The van der Waals surface area contributed by atoms with Gasteiger partial charge in [0.1, 0.15) is 0 Å². The maximum atomic E-state index is 5.44. The van der Waals surface area contributed by atoms with Gasteiger partial charge in [-0.15, -0.1) is 63.5 Å². The van der Waals surface area contributed by atoms with Gasteiger partial charge in [-0.1, -0.05) is 70.6 Å². The van der Waals surface area contributed by atoms with Crippen molar-refractivity contribution in [3.05, 3.63) is 82.7 Å². The molecule has 0 radical (unpaired) electrons. The van der Waals surface area contributed by atoms with E-state index in [0.29, 0.717) is 0 Å². The lowest BCUT2D eigenvalue weighted by Gasteiger charge is -2.02. The first-order valence-corrected chi connectivity index (χ1v) is 18.5. The van der Waals surface area contributed by atoms with Crippen LogP contribution in [0, 0.1) is 47.9 Å². The molecule has 0 N–H and O–H groups in total. The lowest BCUT2D eigenvalue weighted by molar-refractivity contribution is 0.563. The van der Waals surface area contributed by atoms with Gasteiger partial charge >= 0.3 is 0 Å². The molecule has 0 unspecified atom stereocenters. The third-order valence-electron chi connectivity index (χ3n) is 6.21. The quantitative estimate of drug-likeness (QED) is 0.0856. The molecular formula is C36H34S5. The van der Waals surface area contributed by atoms with Gasteiger partial charge in [-0.3, -0.25) is 0 Å². The van der Waals surface area contributed by atoms with Gasteiger partial charge in [-0.25, -0.2) is 0 Å². The number of hydrogen-bond donors (Lipinski definition) is 0. The molecule has 0 saturated carbocycles. The zero-order valence-electron chi connectivity index (χ0n) is 23.5. The van der Waals surface area contributed by atoms with Crippen LogP contribution in [0.4, 0.5) is 0 Å². The lowest BCUT2D eigenvalue weighted by atomic mass is 10.1. The van der Waals surface area contributed by atoms with Crippen molar-refractivity contribution in [1.29, 1.82) is 0 Å². The van der Waals surface area contributed by atoms with E-state index in [-0.39, 0.29) is 0 Å². The summed E-state index contributed by atoms with van der Waals surface area (Å²) in [6.45, 7) is 2.28. The van der Waals surface area contributed by atoms with E-state index in [4.69, 9.17) is 6.42 Å². The van der Waals surface area contributed by atoms with E-state index in [1.165, 1.54) is 85.5 Å². The van der Waals surface area contributed by atoms with Gasteiger partial charge in [0.15, 0.2) is 0 Å². The summed E-state index contributed by atoms with van der Waals surface area (Å²) in [4.78, 5) is 7.08. The van der Waals surface area contributed by atoms with Gasteiger partial charge in [0.2, 0.25) is 0 Å². The van der Waals surface area contributed by atoms with Crippen LogP contribution in [0.15, 0.2) is 52.7 Å². The molecule has 208 valence electrons. The molecule has 5 heteroatoms. The van der Waals surface area contributed by atoms with Gasteiger partial charge in [0.05, 0.1) is 38.3 Å². The molecule has 4 rings (SSSR count). The van der Waals surface area contributed by atoms with E-state index in [9.17, 15) is 0 Å². The van der Waals surface area contributed by atoms with E-state index in [1.54, 1.807) is 34.0 Å². The normalized spacial score (nSPS) is 10.1. The minimum absolute atomic E-state index is 0.904. The predicted molar refractivity (Wildman–Crippen MR) is 186 cm³/mol. The maximum Gasteiger partial charge on any atom is 0.0785 e. The Morgan fingerprint density at radius 3 is 1.29 bits per heavy atom. The minimum Gasteiger partial charge on any atom is -0.120 e. The van der Waals surface area contributed by atoms with E-state index in [1.807, 2.05) is 36.0 Å². The molecular weight excluding hydrogens is 593 g/mol. The average Bonchev–Trinajstić information content (AvgIpc) is 3.80. The number of thioether (sulfide) groups is 1. The number of thiophene rings is 4. The third kappa shape index (κ3) is 11.7. The lowest BCUT2D eigenvalue weighted by Crippen LogP contribution is -1.83. The summed E-state index contributed by atoms with van der Waals surface area (Å²) in [5.41, 5.74) is 0. The number of terminal acetylenes is 1. The molecule has 0 amide bonds. The molecule has 0 aliphatic carbocycles. The van der Waals surface area contributed by atoms with Crippen LogP contribution in [0.25, 0.3) is 0 Å². The predicted octanol–water partition coefficient (Wildman–Crippen LogP) is 11.1. The molecule has 4 aromatic rings. The van der Waals surface area contributed by atoms with Crippen molar-refractivity contribution >= 4 is 57.1 Å². The van der Waals surface area contributed by atoms with Crippen molar-refractivity contribution in [2.45, 2.75) is 75.3 Å². The van der Waals surface area contributed by atoms with E-state index in [2.05, 4.69) is 72.6 Å². The van der Waals surface area contributed by atoms with Gasteiger partial charge < -0.3 is 0 Å². The third-order valence-corrected chi connectivity index (χ3v) is 11.3. The Labute approximate surface area is 267 Å². The van der Waals surface area contributed by atoms with Crippen LogP contribution in [-0.2, 0) is 0 Å². The van der Waals surface area contributed by atoms with Crippen LogP contribution in [-0.4, -0.2) is 5.75 Å². The first-order valence-electron chi connectivity index (χ1n) is 14.3. The van der Waals surface area contributed by atoms with Gasteiger partial charge in [0.25, 0.3) is 0 Å². The van der Waals surface area contributed by atoms with E-state index in [0.717, 1.165) is 34.1 Å². The molecule has 0 aliphatic heterocycles. The average molecular weight is 627 g/mol. The molecule has 0 spiro atoms. The summed E-state index contributed by atoms with van der Waals surface area (Å²) in [7, 11) is 0. The Hall–Kier alpha value is -2.61. The monoisotopic (exact) mass is 626 g/mol. The minimum atomic E-state index is 0.904. The molecule has 0 atom stereocenters. The fourth-order valence-electron chi connectivity index (χ4n) is 4.02. The number of hydrogen-bond acceptors (Lipinski definition) is 5. The summed E-state index contributed by atoms with van der Waals surface area (Å²) < 4.78 is 1.37. The summed E-state index contributed by atoms with van der Waals surface area (Å²) in [6, 6.07) is 16.4. The van der Waals surface area contributed by atoms with E-state index >= 15 is 0 Å². The highest BCUT2D eigenvalue weighted by Crippen LogP contribution is 2.28. The van der Waals surface area contributed by atoms with Crippen molar-refractivity contribution < 1.29 is 0 Å². The van der Waals surface area contributed by atoms with Gasteiger partial charge in [-0.05, 0) is 96.2 Å². The molecule has 0 fully saturated rings.